The lowest BCUT2D eigenvalue weighted by Crippen LogP contribution is -2.41. The van der Waals surface area contributed by atoms with Crippen LogP contribution in [0.25, 0.3) is 0 Å². The number of carbonyl (C=O) groups is 2. The van der Waals surface area contributed by atoms with E-state index in [-0.39, 0.29) is 23.0 Å². The Morgan fingerprint density at radius 2 is 1.11 bits per heavy atom. The second kappa shape index (κ2) is 5.60. The first-order valence-corrected chi connectivity index (χ1v) is 12.5. The molecule has 4 amide bonds. The third-order valence-corrected chi connectivity index (χ3v) is 9.20. The van der Waals surface area contributed by atoms with E-state index in [9.17, 15) is 26.4 Å². The molecule has 150 valence electrons. The molecule has 12 heteroatoms. The maximum atomic E-state index is 12.6. The van der Waals surface area contributed by atoms with Gasteiger partial charge in [0.1, 0.15) is 0 Å². The summed E-state index contributed by atoms with van der Waals surface area (Å²) in [5.74, 6) is -0.542. The maximum absolute atomic E-state index is 12.6. The van der Waals surface area contributed by atoms with Gasteiger partial charge in [-0.2, -0.15) is 0 Å². The second-order valence-electron chi connectivity index (χ2n) is 7.63. The van der Waals surface area contributed by atoms with Crippen molar-refractivity contribution in [1.82, 2.24) is 10.6 Å². The Morgan fingerprint density at radius 3 is 1.50 bits per heavy atom. The summed E-state index contributed by atoms with van der Waals surface area (Å²) in [6.45, 7) is 0. The predicted octanol–water partition coefficient (Wildman–Crippen LogP) is -0.923. The summed E-state index contributed by atoms with van der Waals surface area (Å²) in [4.78, 5) is 27.9. The Bertz CT molecular complexity index is 1010. The number of hydrogen-bond donors (Lipinski definition) is 2. The van der Waals surface area contributed by atoms with Gasteiger partial charge in [0.05, 0.1) is 58.6 Å². The van der Waals surface area contributed by atoms with Gasteiger partial charge in [-0.25, -0.2) is 26.4 Å². The Balaban J connectivity index is 1.57. The van der Waals surface area contributed by atoms with Crippen LogP contribution in [0.4, 0.5) is 21.0 Å². The molecule has 0 bridgehead atoms. The molecule has 5 rings (SSSR count). The molecule has 4 aliphatic rings. The van der Waals surface area contributed by atoms with E-state index >= 15 is 0 Å². The molecule has 28 heavy (non-hydrogen) atoms. The SMILES string of the molecule is O=C1N[C@@H]2CS(=O)(=O)C[C@H]2N1c1ccccc1N1C(=O)N[C@@H]2CS(=O)(=O)C[C@@H]21. The number of nitrogens with zero attached hydrogens (tertiary/aromatic N) is 2. The number of urea groups is 2. The summed E-state index contributed by atoms with van der Waals surface area (Å²) in [5, 5.41) is 5.40. The molecule has 4 saturated heterocycles. The summed E-state index contributed by atoms with van der Waals surface area (Å²) in [6, 6.07) is 3.70. The van der Waals surface area contributed by atoms with Crippen LogP contribution in [0.15, 0.2) is 24.3 Å². The Labute approximate surface area is 161 Å². The van der Waals surface area contributed by atoms with Crippen molar-refractivity contribution in [3.8, 4) is 0 Å². The summed E-state index contributed by atoms with van der Waals surface area (Å²) >= 11 is 0. The van der Waals surface area contributed by atoms with E-state index in [1.54, 1.807) is 24.3 Å². The molecule has 4 fully saturated rings. The Kier molecular flexibility index (Phi) is 3.55. The molecule has 4 atom stereocenters. The van der Waals surface area contributed by atoms with Crippen LogP contribution in [0.2, 0.25) is 0 Å². The minimum absolute atomic E-state index is 0.116. The zero-order chi connectivity index (χ0) is 19.8. The van der Waals surface area contributed by atoms with Crippen molar-refractivity contribution in [1.29, 1.82) is 0 Å². The molecule has 0 saturated carbocycles. The highest BCUT2D eigenvalue weighted by Crippen LogP contribution is 2.39. The van der Waals surface area contributed by atoms with E-state index < -0.39 is 55.9 Å². The van der Waals surface area contributed by atoms with E-state index in [0.29, 0.717) is 11.4 Å². The topological polar surface area (TPSA) is 133 Å². The van der Waals surface area contributed by atoms with Crippen molar-refractivity contribution in [2.75, 3.05) is 32.8 Å². The quantitative estimate of drug-likeness (QED) is 0.588. The molecule has 10 nitrogen and oxygen atoms in total. The molecule has 0 unspecified atom stereocenters. The lowest BCUT2D eigenvalue weighted by atomic mass is 10.1. The third kappa shape index (κ3) is 2.58. The van der Waals surface area contributed by atoms with Crippen molar-refractivity contribution in [2.24, 2.45) is 0 Å². The fraction of sp³-hybridized carbons (Fsp3) is 0.500. The molecule has 0 aromatic heterocycles. The highest BCUT2D eigenvalue weighted by molar-refractivity contribution is 7.92. The van der Waals surface area contributed by atoms with Crippen LogP contribution in [-0.4, -0.2) is 76.1 Å². The minimum atomic E-state index is -3.27. The number of para-hydroxylation sites is 2. The van der Waals surface area contributed by atoms with Gasteiger partial charge in [0, 0.05) is 0 Å². The van der Waals surface area contributed by atoms with Gasteiger partial charge in [-0.3, -0.25) is 9.80 Å². The van der Waals surface area contributed by atoms with Crippen molar-refractivity contribution in [3.63, 3.8) is 0 Å². The highest BCUT2D eigenvalue weighted by Gasteiger charge is 2.53. The monoisotopic (exact) mass is 426 g/mol. The number of carbonyl (C=O) groups excluding carboxylic acids is 2. The first-order chi connectivity index (χ1) is 13.2. The van der Waals surface area contributed by atoms with Crippen LogP contribution in [0, 0.1) is 0 Å². The van der Waals surface area contributed by atoms with Gasteiger partial charge in [0.25, 0.3) is 0 Å². The molecule has 2 N–H and O–H groups in total. The lowest BCUT2D eigenvalue weighted by molar-refractivity contribution is 0.249. The van der Waals surface area contributed by atoms with Gasteiger partial charge in [0.15, 0.2) is 19.7 Å². The minimum Gasteiger partial charge on any atom is -0.332 e. The standard InChI is InChI=1S/C16H18N4O6S2/c21-15-17-9-5-27(23,24)7-13(9)19(15)11-3-1-2-4-12(11)20-14-8-28(25,26)6-10(14)18-16(20)22/h1-4,9-10,13-14H,5-8H2,(H,17,21)(H,18,22)/t9-,10-,13-,14+/m1/s1. The van der Waals surface area contributed by atoms with Gasteiger partial charge in [-0.15, -0.1) is 0 Å². The lowest BCUT2D eigenvalue weighted by Gasteiger charge is -2.29. The van der Waals surface area contributed by atoms with E-state index in [1.807, 2.05) is 0 Å². The number of nitrogens with one attached hydrogen (secondary N) is 2. The van der Waals surface area contributed by atoms with Crippen molar-refractivity contribution < 1.29 is 26.4 Å². The normalized spacial score (nSPS) is 34.9. The predicted molar refractivity (Wildman–Crippen MR) is 101 cm³/mol. The first-order valence-electron chi connectivity index (χ1n) is 8.84. The third-order valence-electron chi connectivity index (χ3n) is 5.76. The molecule has 1 aromatic carbocycles. The Hall–Kier alpha value is -2.34. The van der Waals surface area contributed by atoms with Crippen molar-refractivity contribution >= 4 is 43.1 Å². The molecule has 1 aromatic rings. The van der Waals surface area contributed by atoms with Crippen LogP contribution in [-0.2, 0) is 19.7 Å². The van der Waals surface area contributed by atoms with Crippen molar-refractivity contribution in [3.05, 3.63) is 24.3 Å². The number of amides is 4. The summed E-state index contributed by atoms with van der Waals surface area (Å²) in [7, 11) is -6.54. The van der Waals surface area contributed by atoms with Gasteiger partial charge in [-0.05, 0) is 12.1 Å². The number of anilines is 2. The smallest absolute Gasteiger partial charge is 0.322 e. The molecule has 0 spiro atoms. The fourth-order valence-corrected chi connectivity index (χ4v) is 8.43. The van der Waals surface area contributed by atoms with Gasteiger partial charge in [0.2, 0.25) is 0 Å². The number of sulfone groups is 2. The van der Waals surface area contributed by atoms with E-state index in [2.05, 4.69) is 10.6 Å². The highest BCUT2D eigenvalue weighted by atomic mass is 32.2. The average molecular weight is 426 g/mol. The van der Waals surface area contributed by atoms with Gasteiger partial charge < -0.3 is 10.6 Å². The van der Waals surface area contributed by atoms with E-state index in [4.69, 9.17) is 0 Å². The molecule has 0 aliphatic carbocycles. The second-order valence-corrected chi connectivity index (χ2v) is 11.9. The van der Waals surface area contributed by atoms with E-state index in [0.717, 1.165) is 0 Å². The van der Waals surface area contributed by atoms with Crippen LogP contribution in [0.1, 0.15) is 0 Å². The number of hydrogen-bond acceptors (Lipinski definition) is 6. The van der Waals surface area contributed by atoms with Crippen LogP contribution in [0.5, 0.6) is 0 Å². The Morgan fingerprint density at radius 1 is 0.714 bits per heavy atom. The summed E-state index contributed by atoms with van der Waals surface area (Å²) in [5.41, 5.74) is 0.786. The molecular weight excluding hydrogens is 408 g/mol. The summed E-state index contributed by atoms with van der Waals surface area (Å²) in [6.07, 6.45) is 0. The zero-order valence-electron chi connectivity index (χ0n) is 14.6. The first kappa shape index (κ1) is 17.7. The van der Waals surface area contributed by atoms with Crippen LogP contribution >= 0.6 is 0 Å². The van der Waals surface area contributed by atoms with E-state index in [1.165, 1.54) is 9.80 Å². The number of fused-ring (bicyclic) bond motifs is 2. The number of rotatable bonds is 2. The maximum Gasteiger partial charge on any atom is 0.322 e. The number of benzene rings is 1. The zero-order valence-corrected chi connectivity index (χ0v) is 16.2. The van der Waals surface area contributed by atoms with Crippen molar-refractivity contribution in [2.45, 2.75) is 24.2 Å². The molecular formula is C16H18N4O6S2. The van der Waals surface area contributed by atoms with Crippen LogP contribution < -0.4 is 20.4 Å². The molecule has 4 aliphatic heterocycles. The van der Waals surface area contributed by atoms with Gasteiger partial charge >= 0.3 is 12.1 Å². The summed E-state index contributed by atoms with van der Waals surface area (Å²) < 4.78 is 48.1. The van der Waals surface area contributed by atoms with Crippen LogP contribution in [0.3, 0.4) is 0 Å². The fourth-order valence-electron chi connectivity index (χ4n) is 4.65. The molecule has 4 heterocycles. The van der Waals surface area contributed by atoms with Gasteiger partial charge in [-0.1, -0.05) is 12.1 Å². The largest absolute Gasteiger partial charge is 0.332 e. The molecule has 0 radical (unpaired) electrons. The average Bonchev–Trinajstić information content (AvgIpc) is 3.21.